The van der Waals surface area contributed by atoms with E-state index in [0.29, 0.717) is 11.3 Å². The maximum absolute atomic E-state index is 13.2. The lowest BCUT2D eigenvalue weighted by molar-refractivity contribution is -0.0503. The number of pyridine rings is 1. The number of imidazole rings is 1. The third kappa shape index (κ3) is 3.81. The Balaban J connectivity index is 1.34. The van der Waals surface area contributed by atoms with Crippen LogP contribution >= 0.6 is 0 Å². The number of nitrogens with zero attached hydrogens (tertiary/aromatic N) is 3. The SMILES string of the molecule is CC(C)N(CCO)C(=O)c1cn2c(C(=O)NCC34CC5CC(CC(C5)C3)C4)cccc2n1. The molecule has 0 unspecified atom stereocenters. The number of amides is 2. The Kier molecular flexibility index (Phi) is 5.48. The Labute approximate surface area is 189 Å². The lowest BCUT2D eigenvalue weighted by Gasteiger charge is -2.56. The fourth-order valence-corrected chi connectivity index (χ4v) is 7.01. The molecule has 32 heavy (non-hydrogen) atoms. The molecule has 4 fully saturated rings. The number of carbonyl (C=O) groups is 2. The Morgan fingerprint density at radius 1 is 1.19 bits per heavy atom. The van der Waals surface area contributed by atoms with Gasteiger partial charge in [0.1, 0.15) is 17.0 Å². The van der Waals surface area contributed by atoms with Crippen LogP contribution in [0, 0.1) is 23.2 Å². The zero-order chi connectivity index (χ0) is 22.5. The van der Waals surface area contributed by atoms with Crippen LogP contribution in [0.1, 0.15) is 73.3 Å². The van der Waals surface area contributed by atoms with Crippen molar-refractivity contribution in [3.05, 3.63) is 35.8 Å². The van der Waals surface area contributed by atoms with Crippen LogP contribution in [0.3, 0.4) is 0 Å². The minimum Gasteiger partial charge on any atom is -0.395 e. The first-order chi connectivity index (χ1) is 15.4. The molecule has 0 saturated heterocycles. The first-order valence-electron chi connectivity index (χ1n) is 12.1. The van der Waals surface area contributed by atoms with Crippen LogP contribution < -0.4 is 5.32 Å². The van der Waals surface area contributed by atoms with Gasteiger partial charge in [0.2, 0.25) is 0 Å². The molecule has 0 atom stereocenters. The van der Waals surface area contributed by atoms with Crippen LogP contribution in [-0.2, 0) is 0 Å². The van der Waals surface area contributed by atoms with Gasteiger partial charge in [-0.3, -0.25) is 14.0 Å². The van der Waals surface area contributed by atoms with E-state index in [0.717, 1.165) is 24.3 Å². The van der Waals surface area contributed by atoms with Crippen molar-refractivity contribution in [2.45, 2.75) is 58.4 Å². The van der Waals surface area contributed by atoms with Gasteiger partial charge in [0.15, 0.2) is 0 Å². The van der Waals surface area contributed by atoms with E-state index in [4.69, 9.17) is 0 Å². The molecule has 4 aliphatic carbocycles. The molecule has 0 radical (unpaired) electrons. The molecule has 2 amide bonds. The highest BCUT2D eigenvalue weighted by Gasteiger charge is 2.50. The fourth-order valence-electron chi connectivity index (χ4n) is 7.01. The van der Waals surface area contributed by atoms with Gasteiger partial charge in [-0.1, -0.05) is 6.07 Å². The fraction of sp³-hybridized carbons (Fsp3) is 0.640. The molecule has 0 aromatic carbocycles. The van der Waals surface area contributed by atoms with Gasteiger partial charge in [0.25, 0.3) is 11.8 Å². The zero-order valence-corrected chi connectivity index (χ0v) is 19.1. The second-order valence-electron chi connectivity index (χ2n) is 10.7. The molecule has 2 aromatic rings. The maximum atomic E-state index is 13.2. The molecule has 2 heterocycles. The minimum atomic E-state index is -0.238. The zero-order valence-electron chi connectivity index (χ0n) is 19.1. The standard InChI is InChI=1S/C25H34N4O3/c1-16(2)28(6-7-30)24(32)20-14-29-21(4-3-5-22(29)27-20)23(31)26-15-25-11-17-8-18(12-25)10-19(9-17)13-25/h3-5,14,16-19,30H,6-13,15H2,1-2H3,(H,26,31). The number of aliphatic hydroxyl groups is 1. The molecule has 4 saturated carbocycles. The van der Waals surface area contributed by atoms with Crippen molar-refractivity contribution >= 4 is 17.5 Å². The van der Waals surface area contributed by atoms with E-state index in [9.17, 15) is 14.7 Å². The van der Waals surface area contributed by atoms with Crippen molar-refractivity contribution in [1.29, 1.82) is 0 Å². The molecule has 6 rings (SSSR count). The second-order valence-corrected chi connectivity index (χ2v) is 10.7. The van der Waals surface area contributed by atoms with Gasteiger partial charge >= 0.3 is 0 Å². The number of hydrogen-bond acceptors (Lipinski definition) is 4. The van der Waals surface area contributed by atoms with Gasteiger partial charge in [0, 0.05) is 25.3 Å². The number of hydrogen-bond donors (Lipinski definition) is 2. The summed E-state index contributed by atoms with van der Waals surface area (Å²) in [6.07, 6.45) is 9.57. The topological polar surface area (TPSA) is 86.9 Å². The van der Waals surface area contributed by atoms with Crippen LogP contribution in [0.5, 0.6) is 0 Å². The van der Waals surface area contributed by atoms with Crippen molar-refractivity contribution in [3.8, 4) is 0 Å². The number of aliphatic hydroxyl groups excluding tert-OH is 1. The third-order valence-electron chi connectivity index (χ3n) is 7.96. The molecular formula is C25H34N4O3. The van der Waals surface area contributed by atoms with Gasteiger partial charge in [-0.15, -0.1) is 0 Å². The van der Waals surface area contributed by atoms with Crippen molar-refractivity contribution in [2.75, 3.05) is 19.7 Å². The summed E-state index contributed by atoms with van der Waals surface area (Å²) < 4.78 is 1.71. The smallest absolute Gasteiger partial charge is 0.274 e. The van der Waals surface area contributed by atoms with E-state index in [-0.39, 0.29) is 42.1 Å². The molecular weight excluding hydrogens is 404 g/mol. The van der Waals surface area contributed by atoms with Gasteiger partial charge in [0.05, 0.1) is 6.61 Å². The third-order valence-corrected chi connectivity index (χ3v) is 7.96. The molecule has 2 N–H and O–H groups in total. The second kappa shape index (κ2) is 8.18. The summed E-state index contributed by atoms with van der Waals surface area (Å²) in [5, 5.41) is 12.5. The molecule has 2 aromatic heterocycles. The average Bonchev–Trinajstić information content (AvgIpc) is 3.19. The van der Waals surface area contributed by atoms with Crippen LogP contribution in [0.25, 0.3) is 5.65 Å². The highest BCUT2D eigenvalue weighted by atomic mass is 16.3. The molecule has 172 valence electrons. The van der Waals surface area contributed by atoms with Crippen molar-refractivity contribution in [3.63, 3.8) is 0 Å². The summed E-state index contributed by atoms with van der Waals surface area (Å²) in [5.41, 5.74) is 1.63. The number of nitrogens with one attached hydrogen (secondary N) is 1. The highest BCUT2D eigenvalue weighted by Crippen LogP contribution is 2.59. The van der Waals surface area contributed by atoms with Crippen molar-refractivity contribution in [1.82, 2.24) is 19.6 Å². The summed E-state index contributed by atoms with van der Waals surface area (Å²) in [6, 6.07) is 5.34. The maximum Gasteiger partial charge on any atom is 0.274 e. The van der Waals surface area contributed by atoms with Gasteiger partial charge < -0.3 is 15.3 Å². The summed E-state index contributed by atoms with van der Waals surface area (Å²) in [6.45, 7) is 4.71. The van der Waals surface area contributed by atoms with Gasteiger partial charge in [-0.2, -0.15) is 0 Å². The van der Waals surface area contributed by atoms with Crippen LogP contribution in [0.2, 0.25) is 0 Å². The normalized spacial score (nSPS) is 28.4. The van der Waals surface area contributed by atoms with E-state index >= 15 is 0 Å². The summed E-state index contributed by atoms with van der Waals surface area (Å²) in [7, 11) is 0. The van der Waals surface area contributed by atoms with Crippen LogP contribution in [-0.4, -0.2) is 56.9 Å². The van der Waals surface area contributed by atoms with Crippen LogP contribution in [0.15, 0.2) is 24.4 Å². The highest BCUT2D eigenvalue weighted by molar-refractivity contribution is 5.95. The molecule has 7 heteroatoms. The minimum absolute atomic E-state index is 0.0532. The average molecular weight is 439 g/mol. The van der Waals surface area contributed by atoms with E-state index in [1.54, 1.807) is 27.6 Å². The number of fused-ring (bicyclic) bond motifs is 1. The Morgan fingerprint density at radius 3 is 2.44 bits per heavy atom. The van der Waals surface area contributed by atoms with E-state index < -0.39 is 0 Å². The predicted octanol–water partition coefficient (Wildman–Crippen LogP) is 3.12. The molecule has 0 aliphatic heterocycles. The summed E-state index contributed by atoms with van der Waals surface area (Å²) in [4.78, 5) is 32.2. The quantitative estimate of drug-likeness (QED) is 0.695. The van der Waals surface area contributed by atoms with Gasteiger partial charge in [-0.05, 0) is 87.7 Å². The van der Waals surface area contributed by atoms with Crippen molar-refractivity contribution in [2.24, 2.45) is 23.2 Å². The lowest BCUT2D eigenvalue weighted by atomic mass is 9.49. The Morgan fingerprint density at radius 2 is 1.84 bits per heavy atom. The first-order valence-corrected chi connectivity index (χ1v) is 12.1. The number of aromatic nitrogens is 2. The summed E-state index contributed by atoms with van der Waals surface area (Å²) >= 11 is 0. The largest absolute Gasteiger partial charge is 0.395 e. The monoisotopic (exact) mass is 438 g/mol. The molecule has 7 nitrogen and oxygen atoms in total. The van der Waals surface area contributed by atoms with E-state index in [2.05, 4.69) is 10.3 Å². The molecule has 4 bridgehead atoms. The summed E-state index contributed by atoms with van der Waals surface area (Å²) in [5.74, 6) is 2.21. The van der Waals surface area contributed by atoms with Gasteiger partial charge in [-0.25, -0.2) is 4.98 Å². The Bertz CT molecular complexity index is 992. The Hall–Kier alpha value is -2.41. The number of carbonyl (C=O) groups excluding carboxylic acids is 2. The lowest BCUT2D eigenvalue weighted by Crippen LogP contribution is -2.51. The predicted molar refractivity (Wildman–Crippen MR) is 121 cm³/mol. The van der Waals surface area contributed by atoms with Crippen molar-refractivity contribution < 1.29 is 14.7 Å². The molecule has 4 aliphatic rings. The number of rotatable bonds is 7. The molecule has 0 spiro atoms. The first kappa shape index (κ1) is 21.4. The van der Waals surface area contributed by atoms with E-state index in [1.807, 2.05) is 19.9 Å². The van der Waals surface area contributed by atoms with Crippen LogP contribution in [0.4, 0.5) is 0 Å². The van der Waals surface area contributed by atoms with E-state index in [1.165, 1.54) is 38.5 Å².